The van der Waals surface area contributed by atoms with E-state index in [0.717, 1.165) is 55.0 Å². The summed E-state index contributed by atoms with van der Waals surface area (Å²) in [6.07, 6.45) is 7.31. The monoisotopic (exact) mass is 927 g/mol. The summed E-state index contributed by atoms with van der Waals surface area (Å²) in [6.45, 7) is 11.6. The van der Waals surface area contributed by atoms with E-state index in [1.807, 2.05) is 26.0 Å². The highest BCUT2D eigenvalue weighted by Crippen LogP contribution is 2.32. The first kappa shape index (κ1) is 47.1. The number of piperazine rings is 1. The van der Waals surface area contributed by atoms with E-state index in [2.05, 4.69) is 46.0 Å². The van der Waals surface area contributed by atoms with Crippen molar-refractivity contribution in [1.82, 2.24) is 34.7 Å². The van der Waals surface area contributed by atoms with E-state index < -0.39 is 5.91 Å². The van der Waals surface area contributed by atoms with E-state index in [1.54, 1.807) is 36.0 Å². The first-order valence-corrected chi connectivity index (χ1v) is 22.9. The number of hydrogen-bond donors (Lipinski definition) is 4. The molecule has 1 saturated heterocycles. The third-order valence-corrected chi connectivity index (χ3v) is 12.7. The van der Waals surface area contributed by atoms with Crippen LogP contribution in [0.15, 0.2) is 47.5 Å². The van der Waals surface area contributed by atoms with Gasteiger partial charge in [-0.3, -0.25) is 38.8 Å². The van der Waals surface area contributed by atoms with E-state index in [4.69, 9.17) is 26.1 Å². The molecule has 2 aliphatic rings. The average molecular weight is 929 g/mol. The topological polar surface area (TPSA) is 215 Å². The smallest absolute Gasteiger partial charge is 0.263 e. The lowest BCUT2D eigenvalue weighted by Crippen LogP contribution is -2.49. The van der Waals surface area contributed by atoms with Gasteiger partial charge in [-0.1, -0.05) is 24.4 Å². The third kappa shape index (κ3) is 12.1. The molecule has 344 valence electrons. The number of benzene rings is 1. The van der Waals surface area contributed by atoms with Gasteiger partial charge in [-0.05, 0) is 76.4 Å². The first-order chi connectivity index (χ1) is 31.3. The number of thiazole rings is 1. The molecule has 0 spiro atoms. The molecular weight excluding hydrogens is 874 g/mol. The summed E-state index contributed by atoms with van der Waals surface area (Å²) in [5.41, 5.74) is 3.37. The van der Waals surface area contributed by atoms with Crippen LogP contribution in [0.3, 0.4) is 0 Å². The van der Waals surface area contributed by atoms with Crippen molar-refractivity contribution in [3.05, 3.63) is 85.4 Å². The molecule has 3 amide bonds. The molecule has 5 heterocycles. The second-order valence-electron chi connectivity index (χ2n) is 16.1. The van der Waals surface area contributed by atoms with Crippen molar-refractivity contribution < 1.29 is 28.7 Å². The number of ether oxygens (including phenoxy) is 2. The molecule has 4 aromatic heterocycles. The zero-order valence-corrected chi connectivity index (χ0v) is 38.6. The summed E-state index contributed by atoms with van der Waals surface area (Å²) in [5, 5.41) is 13.1. The maximum Gasteiger partial charge on any atom is 0.263 e. The van der Waals surface area contributed by atoms with E-state index >= 15 is 0 Å². The third-order valence-electron chi connectivity index (χ3n) is 11.5. The molecule has 2 fully saturated rings. The number of aromatic nitrogens is 5. The van der Waals surface area contributed by atoms with Crippen LogP contribution in [0.25, 0.3) is 11.0 Å². The number of aryl methyl sites for hydroxylation is 3. The van der Waals surface area contributed by atoms with Crippen LogP contribution >= 0.6 is 22.9 Å². The van der Waals surface area contributed by atoms with Crippen molar-refractivity contribution in [2.75, 3.05) is 86.5 Å². The van der Waals surface area contributed by atoms with Gasteiger partial charge in [0.2, 0.25) is 17.8 Å². The number of hydrogen-bond acceptors (Lipinski definition) is 15. The SMILES string of the molecule is CC(=O)c1c(C)c2cnc(Nc3ccc(N4CCN(CC(=O)NCCOCCOCCC(=O)Nc5ccc(Cl)cc5C(=O)Nc5nc(C)c(C)s5)CC4)cn3)nc2n(C2CCCC2)c1=O. The van der Waals surface area contributed by atoms with Gasteiger partial charge in [0, 0.05) is 60.2 Å². The number of carbonyl (C=O) groups excluding carboxylic acids is 4. The Morgan fingerprint density at radius 1 is 0.877 bits per heavy atom. The summed E-state index contributed by atoms with van der Waals surface area (Å²) in [5.74, 6) is -0.223. The van der Waals surface area contributed by atoms with Crippen LogP contribution in [0.1, 0.15) is 81.9 Å². The number of rotatable bonds is 19. The number of pyridine rings is 2. The maximum absolute atomic E-state index is 13.6. The minimum absolute atomic E-state index is 0.00878. The molecule has 4 N–H and O–H groups in total. The number of halogens is 1. The molecule has 7 rings (SSSR count). The lowest BCUT2D eigenvalue weighted by Gasteiger charge is -2.35. The normalized spacial score (nSPS) is 14.4. The van der Waals surface area contributed by atoms with E-state index in [0.29, 0.717) is 77.1 Å². The lowest BCUT2D eigenvalue weighted by atomic mass is 10.0. The highest BCUT2D eigenvalue weighted by Gasteiger charge is 2.26. The van der Waals surface area contributed by atoms with E-state index in [1.165, 1.54) is 24.3 Å². The molecule has 0 bridgehead atoms. The number of nitrogens with one attached hydrogen (secondary N) is 4. The zero-order chi connectivity index (χ0) is 46.0. The fourth-order valence-electron chi connectivity index (χ4n) is 7.96. The number of fused-ring (bicyclic) bond motifs is 1. The Labute approximate surface area is 385 Å². The highest BCUT2D eigenvalue weighted by molar-refractivity contribution is 7.15. The fraction of sp³-hybridized carbons (Fsp3) is 0.444. The predicted octanol–water partition coefficient (Wildman–Crippen LogP) is 5.84. The summed E-state index contributed by atoms with van der Waals surface area (Å²) in [7, 11) is 0. The number of Topliss-reactive ketones (excluding diaryl/α,β-unsaturated/α-hetero) is 1. The van der Waals surface area contributed by atoms with Gasteiger partial charge >= 0.3 is 0 Å². The van der Waals surface area contributed by atoms with Crippen molar-refractivity contribution >= 4 is 85.7 Å². The largest absolute Gasteiger partial charge is 0.379 e. The van der Waals surface area contributed by atoms with Gasteiger partial charge < -0.3 is 30.3 Å². The molecule has 0 unspecified atom stereocenters. The molecule has 18 nitrogen and oxygen atoms in total. The van der Waals surface area contributed by atoms with Crippen LogP contribution in [-0.4, -0.2) is 119 Å². The van der Waals surface area contributed by atoms with E-state index in [9.17, 15) is 24.0 Å². The fourth-order valence-corrected chi connectivity index (χ4v) is 8.94. The Hall–Kier alpha value is -5.86. The summed E-state index contributed by atoms with van der Waals surface area (Å²) >= 11 is 7.51. The molecule has 1 aliphatic heterocycles. The molecule has 65 heavy (non-hydrogen) atoms. The second-order valence-corrected chi connectivity index (χ2v) is 17.7. The first-order valence-electron chi connectivity index (χ1n) is 21.7. The van der Waals surface area contributed by atoms with Crippen LogP contribution in [0, 0.1) is 20.8 Å². The summed E-state index contributed by atoms with van der Waals surface area (Å²) in [4.78, 5) is 87.8. The Kier molecular flexibility index (Phi) is 15.9. The van der Waals surface area contributed by atoms with Gasteiger partial charge in [0.15, 0.2) is 10.9 Å². The molecule has 1 aliphatic carbocycles. The Morgan fingerprint density at radius 3 is 2.32 bits per heavy atom. The molecule has 0 radical (unpaired) electrons. The summed E-state index contributed by atoms with van der Waals surface area (Å²) in [6, 6.07) is 8.50. The number of amides is 3. The Bertz CT molecular complexity index is 2570. The van der Waals surface area contributed by atoms with Gasteiger partial charge in [0.05, 0.1) is 73.8 Å². The number of nitrogens with zero attached hydrogens (tertiary/aromatic N) is 7. The quantitative estimate of drug-likeness (QED) is 0.0566. The molecule has 20 heteroatoms. The standard InChI is InChI=1S/C45H54ClN11O7S/c1-27-35-25-49-44(53-41(35)57(32-7-5-6-8-32)43(62)40(27)29(3)58)52-37-12-10-33(24-48-37)56-17-15-55(16-18-56)26-39(60)47-14-20-64-22-21-63-19-13-38(59)51-36-11-9-31(46)23-34(36)42(61)54-45-50-28(2)30(4)65-45/h9-12,23-25,32H,5-8,13-22,26H2,1-4H3,(H,47,60)(H,51,59)(H,50,54,61)(H,48,49,52,53). The molecule has 5 aromatic rings. The van der Waals surface area contributed by atoms with Crippen molar-refractivity contribution in [2.24, 2.45) is 0 Å². The highest BCUT2D eigenvalue weighted by atomic mass is 35.5. The van der Waals surface area contributed by atoms with Crippen LogP contribution in [0.4, 0.5) is 28.3 Å². The molecule has 1 saturated carbocycles. The minimum atomic E-state index is -0.431. The molecular formula is C45H54ClN11O7S. The number of carbonyl (C=O) groups is 4. The minimum Gasteiger partial charge on any atom is -0.379 e. The molecule has 0 atom stereocenters. The average Bonchev–Trinajstić information content (AvgIpc) is 3.92. The van der Waals surface area contributed by atoms with Gasteiger partial charge in [0.25, 0.3) is 11.5 Å². The summed E-state index contributed by atoms with van der Waals surface area (Å²) < 4.78 is 12.8. The van der Waals surface area contributed by atoms with Crippen molar-refractivity contribution in [2.45, 2.75) is 65.8 Å². The van der Waals surface area contributed by atoms with Crippen molar-refractivity contribution in [1.29, 1.82) is 0 Å². The number of ketones is 1. The maximum atomic E-state index is 13.6. The predicted molar refractivity (Wildman–Crippen MR) is 251 cm³/mol. The van der Waals surface area contributed by atoms with Crippen LogP contribution in [0.5, 0.6) is 0 Å². The van der Waals surface area contributed by atoms with Crippen molar-refractivity contribution in [3.63, 3.8) is 0 Å². The van der Waals surface area contributed by atoms with Crippen molar-refractivity contribution in [3.8, 4) is 0 Å². The van der Waals surface area contributed by atoms with E-state index in [-0.39, 0.29) is 66.5 Å². The Balaban J connectivity index is 0.767. The van der Waals surface area contributed by atoms with Gasteiger partial charge in [-0.25, -0.2) is 15.0 Å². The van der Waals surface area contributed by atoms with Crippen LogP contribution in [-0.2, 0) is 19.1 Å². The number of anilines is 5. The van der Waals surface area contributed by atoms with Crippen LogP contribution < -0.4 is 31.7 Å². The van der Waals surface area contributed by atoms with Gasteiger partial charge in [-0.15, -0.1) is 11.3 Å². The second kappa shape index (κ2) is 21.9. The molecule has 1 aromatic carbocycles. The lowest BCUT2D eigenvalue weighted by molar-refractivity contribution is -0.122. The van der Waals surface area contributed by atoms with Crippen LogP contribution in [0.2, 0.25) is 5.02 Å². The van der Waals surface area contributed by atoms with Gasteiger partial charge in [-0.2, -0.15) is 4.98 Å². The van der Waals surface area contributed by atoms with Gasteiger partial charge in [0.1, 0.15) is 11.5 Å². The zero-order valence-electron chi connectivity index (χ0n) is 37.0. The Morgan fingerprint density at radius 2 is 1.63 bits per heavy atom.